The lowest BCUT2D eigenvalue weighted by atomic mass is 10.1. The molecule has 0 fully saturated rings. The topological polar surface area (TPSA) is 65.2 Å². The molecule has 1 atom stereocenters. The molecule has 1 heterocycles. The van der Waals surface area contributed by atoms with Crippen LogP contribution in [-0.4, -0.2) is 23.9 Å². The monoisotopic (exact) mass is 194 g/mol. The summed E-state index contributed by atoms with van der Waals surface area (Å²) >= 11 is 0. The number of aromatic nitrogens is 1. The predicted molar refractivity (Wildman–Crippen MR) is 53.5 cm³/mol. The normalized spacial score (nSPS) is 12.3. The number of rotatable bonds is 3. The van der Waals surface area contributed by atoms with E-state index in [1.54, 1.807) is 33.2 Å². The molecule has 4 heteroatoms. The molecule has 0 saturated heterocycles. The van der Waals surface area contributed by atoms with Crippen LogP contribution in [0, 0.1) is 6.92 Å². The highest BCUT2D eigenvalue weighted by Gasteiger charge is 2.16. The van der Waals surface area contributed by atoms with Gasteiger partial charge in [0.15, 0.2) is 5.78 Å². The minimum Gasteiger partial charge on any atom is -0.496 e. The lowest BCUT2D eigenvalue weighted by Gasteiger charge is -2.09. The van der Waals surface area contributed by atoms with Crippen molar-refractivity contribution >= 4 is 5.78 Å². The fourth-order valence-corrected chi connectivity index (χ4v) is 1.20. The zero-order valence-electron chi connectivity index (χ0n) is 8.57. The van der Waals surface area contributed by atoms with Gasteiger partial charge in [0.25, 0.3) is 0 Å². The maximum absolute atomic E-state index is 11.6. The van der Waals surface area contributed by atoms with Crippen LogP contribution in [0.15, 0.2) is 12.3 Å². The molecule has 0 spiro atoms. The largest absolute Gasteiger partial charge is 0.496 e. The van der Waals surface area contributed by atoms with E-state index >= 15 is 0 Å². The number of methoxy groups -OCH3 is 1. The van der Waals surface area contributed by atoms with Crippen LogP contribution in [0.3, 0.4) is 0 Å². The summed E-state index contributed by atoms with van der Waals surface area (Å²) in [6.45, 7) is 3.43. The van der Waals surface area contributed by atoms with Gasteiger partial charge in [0.1, 0.15) is 11.4 Å². The average molecular weight is 194 g/mol. The summed E-state index contributed by atoms with van der Waals surface area (Å²) in [6, 6.07) is 1.18. The Morgan fingerprint density at radius 3 is 2.79 bits per heavy atom. The number of nitrogens with zero attached hydrogens (tertiary/aromatic N) is 1. The molecule has 0 bridgehead atoms. The summed E-state index contributed by atoms with van der Waals surface area (Å²) < 4.78 is 5.08. The van der Waals surface area contributed by atoms with Gasteiger partial charge in [-0.05, 0) is 19.9 Å². The Morgan fingerprint density at radius 2 is 2.29 bits per heavy atom. The van der Waals surface area contributed by atoms with Crippen molar-refractivity contribution in [3.05, 3.63) is 23.5 Å². The lowest BCUT2D eigenvalue weighted by molar-refractivity contribution is 0.0962. The van der Waals surface area contributed by atoms with Gasteiger partial charge in [-0.1, -0.05) is 0 Å². The minimum absolute atomic E-state index is 0.165. The van der Waals surface area contributed by atoms with Crippen molar-refractivity contribution < 1.29 is 9.53 Å². The molecular formula is C10H14N2O2. The van der Waals surface area contributed by atoms with E-state index in [-0.39, 0.29) is 5.78 Å². The molecule has 1 aromatic heterocycles. The van der Waals surface area contributed by atoms with E-state index in [9.17, 15) is 4.79 Å². The number of Topliss-reactive ketones (excluding diaryl/α,β-unsaturated/α-hetero) is 1. The zero-order chi connectivity index (χ0) is 10.7. The van der Waals surface area contributed by atoms with Gasteiger partial charge in [-0.3, -0.25) is 9.78 Å². The molecule has 0 aliphatic carbocycles. The Kier molecular flexibility index (Phi) is 3.19. The summed E-state index contributed by atoms with van der Waals surface area (Å²) in [5, 5.41) is 0. The first-order valence-corrected chi connectivity index (χ1v) is 4.37. The molecule has 1 aromatic rings. The quantitative estimate of drug-likeness (QED) is 0.727. The Morgan fingerprint density at radius 1 is 1.64 bits per heavy atom. The molecule has 1 unspecified atom stereocenters. The third-order valence-corrected chi connectivity index (χ3v) is 2.02. The molecule has 76 valence electrons. The highest BCUT2D eigenvalue weighted by Crippen LogP contribution is 2.19. The number of pyridine rings is 1. The van der Waals surface area contributed by atoms with E-state index < -0.39 is 6.04 Å². The lowest BCUT2D eigenvalue weighted by Crippen LogP contribution is -2.28. The summed E-state index contributed by atoms with van der Waals surface area (Å²) in [5.41, 5.74) is 6.62. The van der Waals surface area contributed by atoms with Crippen molar-refractivity contribution in [2.45, 2.75) is 19.9 Å². The number of carbonyl (C=O) groups is 1. The first-order chi connectivity index (χ1) is 6.57. The Hall–Kier alpha value is -1.42. The van der Waals surface area contributed by atoms with E-state index in [4.69, 9.17) is 10.5 Å². The maximum atomic E-state index is 11.6. The van der Waals surface area contributed by atoms with Crippen LogP contribution in [0.1, 0.15) is 23.0 Å². The van der Waals surface area contributed by atoms with Crippen LogP contribution >= 0.6 is 0 Å². The summed E-state index contributed by atoms with van der Waals surface area (Å²) in [7, 11) is 1.56. The molecule has 0 amide bonds. The van der Waals surface area contributed by atoms with Gasteiger partial charge >= 0.3 is 0 Å². The summed E-state index contributed by atoms with van der Waals surface area (Å²) in [5.74, 6) is 0.491. The van der Waals surface area contributed by atoms with Crippen molar-refractivity contribution in [1.29, 1.82) is 0 Å². The predicted octanol–water partition coefficient (Wildman–Crippen LogP) is 0.929. The SMILES string of the molecule is COc1ccnc(C(=O)C(C)N)c1C. The maximum Gasteiger partial charge on any atom is 0.197 e. The summed E-state index contributed by atoms with van der Waals surface area (Å²) in [6.07, 6.45) is 1.54. The number of hydrogen-bond donors (Lipinski definition) is 1. The second-order valence-electron chi connectivity index (χ2n) is 3.14. The van der Waals surface area contributed by atoms with Crippen molar-refractivity contribution in [3.8, 4) is 5.75 Å². The van der Waals surface area contributed by atoms with Gasteiger partial charge in [0.2, 0.25) is 0 Å². The number of nitrogens with two attached hydrogens (primary N) is 1. The van der Waals surface area contributed by atoms with Gasteiger partial charge < -0.3 is 10.5 Å². The third kappa shape index (κ3) is 1.90. The smallest absolute Gasteiger partial charge is 0.197 e. The Bertz CT molecular complexity index is 348. The highest BCUT2D eigenvalue weighted by atomic mass is 16.5. The van der Waals surface area contributed by atoms with Crippen LogP contribution in [0.4, 0.5) is 0 Å². The molecule has 14 heavy (non-hydrogen) atoms. The van der Waals surface area contributed by atoms with E-state index in [2.05, 4.69) is 4.98 Å². The first kappa shape index (κ1) is 10.7. The average Bonchev–Trinajstić information content (AvgIpc) is 2.17. The van der Waals surface area contributed by atoms with E-state index in [1.165, 1.54) is 0 Å². The van der Waals surface area contributed by atoms with Crippen molar-refractivity contribution in [3.63, 3.8) is 0 Å². The van der Waals surface area contributed by atoms with E-state index in [0.717, 1.165) is 5.56 Å². The Balaban J connectivity index is 3.16. The molecule has 0 aliphatic heterocycles. The molecule has 0 aliphatic rings. The van der Waals surface area contributed by atoms with Crippen molar-refractivity contribution in [2.24, 2.45) is 5.73 Å². The molecule has 0 saturated carbocycles. The van der Waals surface area contributed by atoms with E-state index in [1.807, 2.05) is 0 Å². The standard InChI is InChI=1S/C10H14N2O2/c1-6-8(14-3)4-5-12-9(6)10(13)7(2)11/h4-5,7H,11H2,1-3H3. The molecule has 0 aromatic carbocycles. The third-order valence-electron chi connectivity index (χ3n) is 2.02. The van der Waals surface area contributed by atoms with Crippen LogP contribution in [0.25, 0.3) is 0 Å². The first-order valence-electron chi connectivity index (χ1n) is 4.37. The number of ether oxygens (including phenoxy) is 1. The van der Waals surface area contributed by atoms with Gasteiger partial charge in [-0.25, -0.2) is 0 Å². The van der Waals surface area contributed by atoms with Gasteiger partial charge in [0.05, 0.1) is 13.2 Å². The summed E-state index contributed by atoms with van der Waals surface area (Å²) in [4.78, 5) is 15.6. The molecule has 4 nitrogen and oxygen atoms in total. The second-order valence-corrected chi connectivity index (χ2v) is 3.14. The highest BCUT2D eigenvalue weighted by molar-refractivity contribution is 5.99. The van der Waals surface area contributed by atoms with Crippen LogP contribution in [-0.2, 0) is 0 Å². The van der Waals surface area contributed by atoms with Gasteiger partial charge in [0, 0.05) is 11.8 Å². The molecule has 0 radical (unpaired) electrons. The molecule has 1 rings (SSSR count). The zero-order valence-corrected chi connectivity index (χ0v) is 8.57. The Labute approximate surface area is 83.1 Å². The van der Waals surface area contributed by atoms with Gasteiger partial charge in [-0.2, -0.15) is 0 Å². The van der Waals surface area contributed by atoms with E-state index in [0.29, 0.717) is 11.4 Å². The molecule has 2 N–H and O–H groups in total. The van der Waals surface area contributed by atoms with Crippen molar-refractivity contribution in [2.75, 3.05) is 7.11 Å². The van der Waals surface area contributed by atoms with Crippen LogP contribution in [0.5, 0.6) is 5.75 Å². The second kappa shape index (κ2) is 4.19. The number of carbonyl (C=O) groups excluding carboxylic acids is 1. The minimum atomic E-state index is -0.534. The number of hydrogen-bond acceptors (Lipinski definition) is 4. The fraction of sp³-hybridized carbons (Fsp3) is 0.400. The van der Waals surface area contributed by atoms with Crippen LogP contribution in [0.2, 0.25) is 0 Å². The molecular weight excluding hydrogens is 180 g/mol. The number of ketones is 1. The van der Waals surface area contributed by atoms with Gasteiger partial charge in [-0.15, -0.1) is 0 Å². The van der Waals surface area contributed by atoms with Crippen molar-refractivity contribution in [1.82, 2.24) is 4.98 Å². The fourth-order valence-electron chi connectivity index (χ4n) is 1.20. The van der Waals surface area contributed by atoms with Crippen LogP contribution < -0.4 is 10.5 Å².